The molecule has 0 bridgehead atoms. The van der Waals surface area contributed by atoms with Crippen molar-refractivity contribution in [3.63, 3.8) is 0 Å². The molecular formula is C20H14ClN5O. The highest BCUT2D eigenvalue weighted by molar-refractivity contribution is 6.31. The standard InChI is InChI=1S/C20H14ClN5O/c1-11-17(12-4-5-23-16(8-12)26-7-6-22-10-26)19-18(25-20(11)27)14-9-13(21)2-3-15(14)24-19/h2-10,24H,1H3,(H,25,27). The number of pyridine rings is 2. The van der Waals surface area contributed by atoms with Crippen LogP contribution < -0.4 is 5.56 Å². The number of H-pyrrole nitrogens is 2. The van der Waals surface area contributed by atoms with Gasteiger partial charge in [-0.1, -0.05) is 11.6 Å². The first-order chi connectivity index (χ1) is 13.1. The summed E-state index contributed by atoms with van der Waals surface area (Å²) in [5, 5.41) is 1.51. The molecule has 0 atom stereocenters. The van der Waals surface area contributed by atoms with Gasteiger partial charge in [-0.3, -0.25) is 9.36 Å². The highest BCUT2D eigenvalue weighted by atomic mass is 35.5. The molecule has 0 saturated carbocycles. The molecule has 0 saturated heterocycles. The lowest BCUT2D eigenvalue weighted by atomic mass is 10.0. The van der Waals surface area contributed by atoms with Crippen LogP contribution in [-0.2, 0) is 0 Å². The zero-order valence-corrected chi connectivity index (χ0v) is 15.1. The minimum Gasteiger partial charge on any atom is -0.353 e. The number of hydrogen-bond donors (Lipinski definition) is 2. The number of rotatable bonds is 2. The van der Waals surface area contributed by atoms with Crippen LogP contribution in [-0.4, -0.2) is 24.5 Å². The molecule has 2 N–H and O–H groups in total. The molecular weight excluding hydrogens is 362 g/mol. The van der Waals surface area contributed by atoms with Crippen LogP contribution in [0.4, 0.5) is 0 Å². The minimum atomic E-state index is -0.126. The average molecular weight is 376 g/mol. The maximum atomic E-state index is 12.6. The van der Waals surface area contributed by atoms with Gasteiger partial charge in [0.25, 0.3) is 5.56 Å². The van der Waals surface area contributed by atoms with Crippen LogP contribution >= 0.6 is 11.6 Å². The lowest BCUT2D eigenvalue weighted by Gasteiger charge is -2.09. The fourth-order valence-electron chi connectivity index (χ4n) is 3.46. The maximum Gasteiger partial charge on any atom is 0.252 e. The third kappa shape index (κ3) is 2.45. The SMILES string of the molecule is Cc1c(-c2ccnc(-n3ccnc3)c2)c2[nH]c3ccc(Cl)cc3c2[nH]c1=O. The van der Waals surface area contributed by atoms with Crippen molar-refractivity contribution in [1.29, 1.82) is 0 Å². The van der Waals surface area contributed by atoms with Gasteiger partial charge in [0, 0.05) is 45.6 Å². The summed E-state index contributed by atoms with van der Waals surface area (Å²) in [6, 6.07) is 9.45. The first-order valence-electron chi connectivity index (χ1n) is 8.40. The van der Waals surface area contributed by atoms with Gasteiger partial charge < -0.3 is 9.97 Å². The number of nitrogens with one attached hydrogen (secondary N) is 2. The van der Waals surface area contributed by atoms with Crippen LogP contribution in [0, 0.1) is 6.92 Å². The topological polar surface area (TPSA) is 79.4 Å². The van der Waals surface area contributed by atoms with E-state index in [0.29, 0.717) is 10.6 Å². The van der Waals surface area contributed by atoms with Gasteiger partial charge >= 0.3 is 0 Å². The molecule has 4 heterocycles. The van der Waals surface area contributed by atoms with Crippen molar-refractivity contribution in [2.24, 2.45) is 0 Å². The highest BCUT2D eigenvalue weighted by Gasteiger charge is 2.16. The molecule has 6 nitrogen and oxygen atoms in total. The Morgan fingerprint density at radius 3 is 2.78 bits per heavy atom. The molecule has 0 fully saturated rings. The Hall–Kier alpha value is -3.38. The van der Waals surface area contributed by atoms with Crippen molar-refractivity contribution < 1.29 is 0 Å². The lowest BCUT2D eigenvalue weighted by molar-refractivity contribution is 0.994. The van der Waals surface area contributed by atoms with E-state index in [1.54, 1.807) is 18.7 Å². The van der Waals surface area contributed by atoms with E-state index < -0.39 is 0 Å². The predicted molar refractivity (Wildman–Crippen MR) is 107 cm³/mol. The number of hydrogen-bond acceptors (Lipinski definition) is 3. The third-order valence-corrected chi connectivity index (χ3v) is 5.00. The second kappa shape index (κ2) is 5.82. The van der Waals surface area contributed by atoms with Crippen LogP contribution in [0.15, 0.2) is 60.0 Å². The molecule has 5 rings (SSSR count). The van der Waals surface area contributed by atoms with Gasteiger partial charge in [-0.25, -0.2) is 9.97 Å². The second-order valence-corrected chi connectivity index (χ2v) is 6.83. The molecule has 0 unspecified atom stereocenters. The van der Waals surface area contributed by atoms with E-state index >= 15 is 0 Å². The Morgan fingerprint density at radius 2 is 1.96 bits per heavy atom. The number of imidazole rings is 1. The van der Waals surface area contributed by atoms with Crippen LogP contribution in [0.2, 0.25) is 5.02 Å². The number of aromatic nitrogens is 5. The molecule has 0 aliphatic heterocycles. The number of fused-ring (bicyclic) bond motifs is 3. The van der Waals surface area contributed by atoms with Crippen LogP contribution in [0.5, 0.6) is 0 Å². The summed E-state index contributed by atoms with van der Waals surface area (Å²) in [4.78, 5) is 27.5. The summed E-state index contributed by atoms with van der Waals surface area (Å²) in [5.74, 6) is 0.733. The first-order valence-corrected chi connectivity index (χ1v) is 8.78. The summed E-state index contributed by atoms with van der Waals surface area (Å²) < 4.78 is 1.83. The molecule has 5 aromatic rings. The largest absolute Gasteiger partial charge is 0.353 e. The summed E-state index contributed by atoms with van der Waals surface area (Å²) in [7, 11) is 0. The summed E-state index contributed by atoms with van der Waals surface area (Å²) in [5.41, 5.74) is 4.80. The van der Waals surface area contributed by atoms with Gasteiger partial charge in [0.15, 0.2) is 0 Å². The molecule has 0 aliphatic carbocycles. The van der Waals surface area contributed by atoms with Gasteiger partial charge in [-0.2, -0.15) is 0 Å². The molecule has 0 radical (unpaired) electrons. The zero-order valence-electron chi connectivity index (χ0n) is 14.3. The normalized spacial score (nSPS) is 11.5. The quantitative estimate of drug-likeness (QED) is 0.485. The van der Waals surface area contributed by atoms with Crippen molar-refractivity contribution in [1.82, 2.24) is 24.5 Å². The maximum absolute atomic E-state index is 12.6. The Bertz CT molecular complexity index is 1360. The smallest absolute Gasteiger partial charge is 0.252 e. The highest BCUT2D eigenvalue weighted by Crippen LogP contribution is 2.34. The van der Waals surface area contributed by atoms with Crippen molar-refractivity contribution in [2.45, 2.75) is 6.92 Å². The molecule has 4 aromatic heterocycles. The summed E-state index contributed by atoms with van der Waals surface area (Å²) >= 11 is 6.16. The fourth-order valence-corrected chi connectivity index (χ4v) is 3.63. The van der Waals surface area contributed by atoms with E-state index in [9.17, 15) is 4.79 Å². The molecule has 132 valence electrons. The van der Waals surface area contributed by atoms with E-state index in [1.807, 2.05) is 48.0 Å². The number of halogens is 1. The molecule has 0 aliphatic rings. The van der Waals surface area contributed by atoms with E-state index in [1.165, 1.54) is 0 Å². The van der Waals surface area contributed by atoms with Gasteiger partial charge in [-0.15, -0.1) is 0 Å². The van der Waals surface area contributed by atoms with Gasteiger partial charge in [0.05, 0.1) is 11.0 Å². The van der Waals surface area contributed by atoms with Crippen molar-refractivity contribution in [3.8, 4) is 16.9 Å². The number of benzene rings is 1. The number of nitrogens with zero attached hydrogens (tertiary/aromatic N) is 3. The molecule has 27 heavy (non-hydrogen) atoms. The second-order valence-electron chi connectivity index (χ2n) is 6.39. The zero-order chi connectivity index (χ0) is 18.5. The van der Waals surface area contributed by atoms with Crippen molar-refractivity contribution in [3.05, 3.63) is 76.2 Å². The first kappa shape index (κ1) is 15.8. The van der Waals surface area contributed by atoms with Crippen LogP contribution in [0.3, 0.4) is 0 Å². The molecule has 0 amide bonds. The van der Waals surface area contributed by atoms with E-state index in [0.717, 1.165) is 38.9 Å². The van der Waals surface area contributed by atoms with Gasteiger partial charge in [0.2, 0.25) is 0 Å². The molecule has 7 heteroatoms. The van der Waals surface area contributed by atoms with E-state index in [-0.39, 0.29) is 5.56 Å². The number of aromatic amines is 2. The average Bonchev–Trinajstić information content (AvgIpc) is 3.31. The Labute approximate surface area is 158 Å². The van der Waals surface area contributed by atoms with Crippen molar-refractivity contribution >= 4 is 33.5 Å². The molecule has 0 spiro atoms. The monoisotopic (exact) mass is 375 g/mol. The van der Waals surface area contributed by atoms with E-state index in [2.05, 4.69) is 19.9 Å². The molecule has 1 aromatic carbocycles. The summed E-state index contributed by atoms with van der Waals surface area (Å²) in [6.07, 6.45) is 6.96. The Morgan fingerprint density at radius 1 is 1.07 bits per heavy atom. The lowest BCUT2D eigenvalue weighted by Crippen LogP contribution is -2.11. The van der Waals surface area contributed by atoms with E-state index in [4.69, 9.17) is 11.6 Å². The van der Waals surface area contributed by atoms with Crippen LogP contribution in [0.1, 0.15) is 5.56 Å². The van der Waals surface area contributed by atoms with Crippen molar-refractivity contribution in [2.75, 3.05) is 0 Å². The Kier molecular flexibility index (Phi) is 3.42. The summed E-state index contributed by atoms with van der Waals surface area (Å²) in [6.45, 7) is 1.82. The Balaban J connectivity index is 1.85. The predicted octanol–water partition coefficient (Wildman–Crippen LogP) is 4.22. The van der Waals surface area contributed by atoms with Crippen LogP contribution in [0.25, 0.3) is 38.9 Å². The van der Waals surface area contributed by atoms with Gasteiger partial charge in [0.1, 0.15) is 12.1 Å². The van der Waals surface area contributed by atoms with Gasteiger partial charge in [-0.05, 0) is 42.8 Å². The third-order valence-electron chi connectivity index (χ3n) is 4.77. The fraction of sp³-hybridized carbons (Fsp3) is 0.0500. The minimum absolute atomic E-state index is 0.126.